The van der Waals surface area contributed by atoms with Crippen LogP contribution < -0.4 is 10.2 Å². The third kappa shape index (κ3) is 8.96. The third-order valence-electron chi connectivity index (χ3n) is 4.86. The summed E-state index contributed by atoms with van der Waals surface area (Å²) in [5.74, 6) is 1.36. The van der Waals surface area contributed by atoms with E-state index in [1.165, 1.54) is 55.5 Å². The van der Waals surface area contributed by atoms with Gasteiger partial charge in [-0.25, -0.2) is 0 Å². The van der Waals surface area contributed by atoms with Crippen LogP contribution in [0.2, 0.25) is 0 Å². The van der Waals surface area contributed by atoms with Crippen LogP contribution in [0.1, 0.15) is 85.6 Å². The van der Waals surface area contributed by atoms with Gasteiger partial charge in [0.15, 0.2) is 0 Å². The molecule has 26 heavy (non-hydrogen) atoms. The first-order chi connectivity index (χ1) is 12.5. The first-order valence-electron chi connectivity index (χ1n) is 11.1. The molecule has 1 aromatic carbocycles. The van der Waals surface area contributed by atoms with Crippen molar-refractivity contribution in [3.8, 4) is 0 Å². The number of rotatable bonds is 14. The molecule has 0 aliphatic carbocycles. The quantitative estimate of drug-likeness (QED) is 0.355. The van der Waals surface area contributed by atoms with Gasteiger partial charge in [-0.05, 0) is 42.4 Å². The van der Waals surface area contributed by atoms with Crippen LogP contribution in [0.5, 0.6) is 0 Å². The summed E-state index contributed by atoms with van der Waals surface area (Å²) < 4.78 is 0. The highest BCUT2D eigenvalue weighted by atomic mass is 15.1. The molecule has 0 saturated heterocycles. The third-order valence-corrected chi connectivity index (χ3v) is 4.86. The average molecular weight is 361 g/mol. The Morgan fingerprint density at radius 1 is 0.846 bits per heavy atom. The predicted octanol–water partition coefficient (Wildman–Crippen LogP) is 7.14. The van der Waals surface area contributed by atoms with Crippen LogP contribution >= 0.6 is 0 Å². The Morgan fingerprint density at radius 2 is 1.46 bits per heavy atom. The Morgan fingerprint density at radius 3 is 2.04 bits per heavy atom. The van der Waals surface area contributed by atoms with Gasteiger partial charge in [0.1, 0.15) is 0 Å². The molecule has 2 heteroatoms. The monoisotopic (exact) mass is 360 g/mol. The number of unbranched alkanes of at least 4 members (excludes halogenated alkanes) is 5. The molecule has 0 saturated carbocycles. The molecule has 150 valence electrons. The first kappa shape index (κ1) is 22.9. The summed E-state index contributed by atoms with van der Waals surface area (Å²) >= 11 is 0. The van der Waals surface area contributed by atoms with Gasteiger partial charge in [0.2, 0.25) is 0 Å². The number of nitrogens with zero attached hydrogens (tertiary/aromatic N) is 1. The van der Waals surface area contributed by atoms with Gasteiger partial charge in [0.05, 0.1) is 0 Å². The fourth-order valence-electron chi connectivity index (χ4n) is 3.53. The summed E-state index contributed by atoms with van der Waals surface area (Å²) in [5.41, 5.74) is 4.15. The molecule has 1 aromatic rings. The number of hydrogen-bond acceptors (Lipinski definition) is 2. The van der Waals surface area contributed by atoms with Gasteiger partial charge in [-0.2, -0.15) is 0 Å². The lowest BCUT2D eigenvalue weighted by Gasteiger charge is -2.29. The number of benzene rings is 1. The van der Waals surface area contributed by atoms with Crippen LogP contribution in [0.4, 0.5) is 11.4 Å². The van der Waals surface area contributed by atoms with Crippen LogP contribution in [0.3, 0.4) is 0 Å². The van der Waals surface area contributed by atoms with Crippen LogP contribution in [0.25, 0.3) is 0 Å². The SMILES string of the molecule is CCCCCCCCNc1cc(N(CC(C)C)CC(C)C)ccc1CC. The van der Waals surface area contributed by atoms with Crippen LogP contribution in [0, 0.1) is 11.8 Å². The van der Waals surface area contributed by atoms with Crippen molar-refractivity contribution < 1.29 is 0 Å². The molecule has 1 rings (SSSR count). The number of hydrogen-bond donors (Lipinski definition) is 1. The van der Waals surface area contributed by atoms with Gasteiger partial charge in [-0.3, -0.25) is 0 Å². The molecule has 0 radical (unpaired) electrons. The van der Waals surface area contributed by atoms with Crippen molar-refractivity contribution in [2.45, 2.75) is 86.5 Å². The van der Waals surface area contributed by atoms with Gasteiger partial charge in [-0.1, -0.05) is 79.7 Å². The van der Waals surface area contributed by atoms with Crippen molar-refractivity contribution in [1.29, 1.82) is 0 Å². The van der Waals surface area contributed by atoms with E-state index < -0.39 is 0 Å². The van der Waals surface area contributed by atoms with E-state index in [1.807, 2.05) is 0 Å². The van der Waals surface area contributed by atoms with Crippen LogP contribution in [-0.2, 0) is 6.42 Å². The molecular weight excluding hydrogens is 316 g/mol. The molecule has 0 aliphatic rings. The molecule has 0 aliphatic heterocycles. The van der Waals surface area contributed by atoms with Gasteiger partial charge >= 0.3 is 0 Å². The molecule has 0 aromatic heterocycles. The highest BCUT2D eigenvalue weighted by Gasteiger charge is 2.12. The lowest BCUT2D eigenvalue weighted by molar-refractivity contribution is 0.553. The topological polar surface area (TPSA) is 15.3 Å². The zero-order valence-corrected chi connectivity index (χ0v) is 18.4. The second-order valence-electron chi connectivity index (χ2n) is 8.58. The maximum Gasteiger partial charge on any atom is 0.0393 e. The van der Waals surface area contributed by atoms with E-state index in [-0.39, 0.29) is 0 Å². The number of nitrogens with one attached hydrogen (secondary N) is 1. The standard InChI is InChI=1S/C24H44N2/c1-7-9-10-11-12-13-16-25-24-17-23(15-14-22(24)8-2)26(18-20(3)4)19-21(5)6/h14-15,17,20-21,25H,7-13,16,18-19H2,1-6H3. The van der Waals surface area contributed by atoms with E-state index in [1.54, 1.807) is 0 Å². The Labute approximate surface area is 163 Å². The van der Waals surface area contributed by atoms with E-state index in [2.05, 4.69) is 70.0 Å². The Balaban J connectivity index is 2.70. The van der Waals surface area contributed by atoms with Gasteiger partial charge in [-0.15, -0.1) is 0 Å². The lowest BCUT2D eigenvalue weighted by atomic mass is 10.1. The zero-order valence-electron chi connectivity index (χ0n) is 18.4. The minimum absolute atomic E-state index is 0.680. The van der Waals surface area contributed by atoms with E-state index >= 15 is 0 Å². The van der Waals surface area contributed by atoms with Gasteiger partial charge < -0.3 is 10.2 Å². The van der Waals surface area contributed by atoms with Crippen molar-refractivity contribution >= 4 is 11.4 Å². The average Bonchev–Trinajstić information content (AvgIpc) is 2.59. The Hall–Kier alpha value is -1.18. The molecule has 0 fully saturated rings. The molecule has 0 bridgehead atoms. The van der Waals surface area contributed by atoms with E-state index in [4.69, 9.17) is 0 Å². The largest absolute Gasteiger partial charge is 0.385 e. The minimum atomic E-state index is 0.680. The zero-order chi connectivity index (χ0) is 19.4. The van der Waals surface area contributed by atoms with E-state index in [0.717, 1.165) is 26.1 Å². The van der Waals surface area contributed by atoms with Crippen molar-refractivity contribution in [3.63, 3.8) is 0 Å². The normalized spacial score (nSPS) is 11.4. The Bertz CT molecular complexity index is 469. The Kier molecular flexibility index (Phi) is 11.5. The second-order valence-corrected chi connectivity index (χ2v) is 8.58. The maximum absolute atomic E-state index is 3.73. The van der Waals surface area contributed by atoms with Gasteiger partial charge in [0.25, 0.3) is 0 Å². The molecule has 1 N–H and O–H groups in total. The second kappa shape index (κ2) is 13.1. The fraction of sp³-hybridized carbons (Fsp3) is 0.750. The van der Waals surface area contributed by atoms with Crippen molar-refractivity contribution in [1.82, 2.24) is 0 Å². The minimum Gasteiger partial charge on any atom is -0.385 e. The van der Waals surface area contributed by atoms with E-state index in [9.17, 15) is 0 Å². The van der Waals surface area contributed by atoms with E-state index in [0.29, 0.717) is 11.8 Å². The van der Waals surface area contributed by atoms with Crippen LogP contribution in [0.15, 0.2) is 18.2 Å². The van der Waals surface area contributed by atoms with Crippen molar-refractivity contribution in [2.75, 3.05) is 29.9 Å². The summed E-state index contributed by atoms with van der Waals surface area (Å²) in [6.45, 7) is 17.1. The summed E-state index contributed by atoms with van der Waals surface area (Å²) in [6, 6.07) is 7.03. The highest BCUT2D eigenvalue weighted by Crippen LogP contribution is 2.26. The molecule has 2 nitrogen and oxygen atoms in total. The van der Waals surface area contributed by atoms with Gasteiger partial charge in [0, 0.05) is 31.0 Å². The molecule has 0 amide bonds. The molecule has 0 heterocycles. The molecule has 0 spiro atoms. The predicted molar refractivity (Wildman–Crippen MR) is 120 cm³/mol. The van der Waals surface area contributed by atoms with Crippen molar-refractivity contribution in [3.05, 3.63) is 23.8 Å². The maximum atomic E-state index is 3.73. The highest BCUT2D eigenvalue weighted by molar-refractivity contribution is 5.62. The number of anilines is 2. The molecule has 0 atom stereocenters. The summed E-state index contributed by atoms with van der Waals surface area (Å²) in [6.07, 6.45) is 9.21. The summed E-state index contributed by atoms with van der Waals surface area (Å²) in [7, 11) is 0. The lowest BCUT2D eigenvalue weighted by Crippen LogP contribution is -2.31. The first-order valence-corrected chi connectivity index (χ1v) is 11.1. The van der Waals surface area contributed by atoms with Crippen molar-refractivity contribution in [2.24, 2.45) is 11.8 Å². The smallest absolute Gasteiger partial charge is 0.0393 e. The van der Waals surface area contributed by atoms with Crippen LogP contribution in [-0.4, -0.2) is 19.6 Å². The fourth-order valence-corrected chi connectivity index (χ4v) is 3.53. The number of aryl methyl sites for hydroxylation is 1. The summed E-state index contributed by atoms with van der Waals surface area (Å²) in [4.78, 5) is 2.56. The molecule has 0 unspecified atom stereocenters. The summed E-state index contributed by atoms with van der Waals surface area (Å²) in [5, 5.41) is 3.73. The molecular formula is C24H44N2.